The first-order chi connectivity index (χ1) is 9.58. The number of piperazine rings is 1. The Bertz CT molecular complexity index is 668. The Morgan fingerprint density at radius 3 is 3.05 bits per heavy atom. The van der Waals surface area contributed by atoms with Crippen molar-refractivity contribution in [3.8, 4) is 0 Å². The fourth-order valence-electron chi connectivity index (χ4n) is 2.54. The van der Waals surface area contributed by atoms with Crippen molar-refractivity contribution >= 4 is 33.3 Å². The van der Waals surface area contributed by atoms with Crippen molar-refractivity contribution in [2.45, 2.75) is 19.9 Å². The highest BCUT2D eigenvalue weighted by Gasteiger charge is 2.26. The van der Waals surface area contributed by atoms with Crippen LogP contribution in [0.3, 0.4) is 0 Å². The fraction of sp³-hybridized carbons (Fsp3) is 0.462. The third kappa shape index (κ3) is 2.12. The Balaban J connectivity index is 2.03. The van der Waals surface area contributed by atoms with Gasteiger partial charge >= 0.3 is 0 Å². The average molecular weight is 291 g/mol. The van der Waals surface area contributed by atoms with Gasteiger partial charge in [0.2, 0.25) is 5.91 Å². The molecule has 1 amide bonds. The summed E-state index contributed by atoms with van der Waals surface area (Å²) in [5.74, 6) is 0.586. The first-order valence-electron chi connectivity index (χ1n) is 6.56. The molecule has 1 atom stereocenters. The second kappa shape index (κ2) is 4.99. The maximum absolute atomic E-state index is 11.4. The molecule has 1 aliphatic heterocycles. The minimum absolute atomic E-state index is 0.321. The van der Waals surface area contributed by atoms with Crippen LogP contribution in [-0.4, -0.2) is 41.6 Å². The number of nitrogens with zero attached hydrogens (tertiary/aromatic N) is 3. The summed E-state index contributed by atoms with van der Waals surface area (Å²) >= 11 is 1.68. The molecule has 0 saturated carbocycles. The van der Waals surface area contributed by atoms with Crippen molar-refractivity contribution in [3.05, 3.63) is 16.8 Å². The van der Waals surface area contributed by atoms with E-state index in [2.05, 4.69) is 34.0 Å². The molecule has 2 aromatic rings. The van der Waals surface area contributed by atoms with E-state index >= 15 is 0 Å². The minimum atomic E-state index is -0.325. The lowest BCUT2D eigenvalue weighted by Gasteiger charge is -2.33. The van der Waals surface area contributed by atoms with Crippen molar-refractivity contribution in [2.75, 3.05) is 24.5 Å². The van der Waals surface area contributed by atoms with Crippen LogP contribution in [0.1, 0.15) is 10.4 Å². The van der Waals surface area contributed by atoms with Crippen LogP contribution in [0.5, 0.6) is 0 Å². The summed E-state index contributed by atoms with van der Waals surface area (Å²) in [5, 5.41) is 4.23. The van der Waals surface area contributed by atoms with Gasteiger partial charge in [0.1, 0.15) is 23.0 Å². The molecule has 1 fully saturated rings. The lowest BCUT2D eigenvalue weighted by molar-refractivity contribution is -0.120. The lowest BCUT2D eigenvalue weighted by Crippen LogP contribution is -2.56. The van der Waals surface area contributed by atoms with E-state index in [9.17, 15) is 4.79 Å². The van der Waals surface area contributed by atoms with Gasteiger partial charge in [-0.25, -0.2) is 9.97 Å². The topological polar surface area (TPSA) is 84.1 Å². The lowest BCUT2D eigenvalue weighted by atomic mass is 10.1. The van der Waals surface area contributed by atoms with Crippen LogP contribution in [0.2, 0.25) is 0 Å². The van der Waals surface area contributed by atoms with Crippen molar-refractivity contribution in [2.24, 2.45) is 5.73 Å². The number of anilines is 1. The Morgan fingerprint density at radius 2 is 2.30 bits per heavy atom. The summed E-state index contributed by atoms with van der Waals surface area (Å²) in [6, 6.07) is -0.325. The van der Waals surface area contributed by atoms with Gasteiger partial charge in [-0.15, -0.1) is 11.3 Å². The Morgan fingerprint density at radius 1 is 1.50 bits per heavy atom. The molecule has 1 aliphatic rings. The number of aryl methyl sites for hydroxylation is 2. The highest BCUT2D eigenvalue weighted by atomic mass is 32.1. The van der Waals surface area contributed by atoms with Crippen molar-refractivity contribution in [1.82, 2.24) is 15.3 Å². The number of carbonyl (C=O) groups excluding carboxylic acids is 1. The molecule has 1 saturated heterocycles. The quantitative estimate of drug-likeness (QED) is 0.845. The molecule has 106 valence electrons. The molecule has 6 nitrogen and oxygen atoms in total. The number of fused-ring (bicyclic) bond motifs is 1. The maximum Gasteiger partial charge on any atom is 0.236 e. The smallest absolute Gasteiger partial charge is 0.236 e. The van der Waals surface area contributed by atoms with E-state index in [4.69, 9.17) is 5.73 Å². The zero-order valence-electron chi connectivity index (χ0n) is 11.5. The van der Waals surface area contributed by atoms with Gasteiger partial charge < -0.3 is 16.0 Å². The zero-order chi connectivity index (χ0) is 14.3. The number of hydrogen-bond donors (Lipinski definition) is 2. The van der Waals surface area contributed by atoms with E-state index in [1.54, 1.807) is 17.7 Å². The highest BCUT2D eigenvalue weighted by Crippen LogP contribution is 2.34. The molecule has 0 aromatic carbocycles. The number of rotatable bonds is 2. The molecule has 20 heavy (non-hydrogen) atoms. The van der Waals surface area contributed by atoms with Gasteiger partial charge in [-0.2, -0.15) is 0 Å². The van der Waals surface area contributed by atoms with Gasteiger partial charge in [0.25, 0.3) is 0 Å². The van der Waals surface area contributed by atoms with Crippen LogP contribution < -0.4 is 16.0 Å². The summed E-state index contributed by atoms with van der Waals surface area (Å²) in [6.45, 7) is 6.27. The van der Waals surface area contributed by atoms with Crippen LogP contribution in [0.25, 0.3) is 10.2 Å². The first-order valence-corrected chi connectivity index (χ1v) is 7.38. The monoisotopic (exact) mass is 291 g/mol. The van der Waals surface area contributed by atoms with E-state index in [1.807, 2.05) is 0 Å². The van der Waals surface area contributed by atoms with Crippen LogP contribution in [0, 0.1) is 13.8 Å². The van der Waals surface area contributed by atoms with Crippen LogP contribution in [0.4, 0.5) is 5.82 Å². The number of carbonyl (C=O) groups is 1. The third-order valence-corrected chi connectivity index (χ3v) is 4.88. The van der Waals surface area contributed by atoms with Crippen molar-refractivity contribution in [3.63, 3.8) is 0 Å². The molecule has 0 bridgehead atoms. The highest BCUT2D eigenvalue weighted by molar-refractivity contribution is 7.18. The third-order valence-electron chi connectivity index (χ3n) is 3.76. The van der Waals surface area contributed by atoms with Gasteiger partial charge in [0.05, 0.1) is 5.39 Å². The number of aromatic nitrogens is 2. The van der Waals surface area contributed by atoms with Crippen LogP contribution >= 0.6 is 11.3 Å². The number of primary amides is 1. The Kier molecular flexibility index (Phi) is 3.31. The molecule has 0 aliphatic carbocycles. The largest absolute Gasteiger partial charge is 0.368 e. The predicted octanol–water partition coefficient (Wildman–Crippen LogP) is 0.572. The van der Waals surface area contributed by atoms with E-state index in [0.717, 1.165) is 29.1 Å². The SMILES string of the molecule is Cc1sc2ncnc(N3CCN[C@@H](C(N)=O)C3)c2c1C. The number of hydrogen-bond acceptors (Lipinski definition) is 6. The summed E-state index contributed by atoms with van der Waals surface area (Å²) in [5.41, 5.74) is 6.61. The van der Waals surface area contributed by atoms with Crippen LogP contribution in [-0.2, 0) is 4.79 Å². The maximum atomic E-state index is 11.4. The van der Waals surface area contributed by atoms with Gasteiger partial charge in [-0.1, -0.05) is 0 Å². The number of thiophene rings is 1. The van der Waals surface area contributed by atoms with Gasteiger partial charge in [0, 0.05) is 24.5 Å². The van der Waals surface area contributed by atoms with Crippen molar-refractivity contribution < 1.29 is 4.79 Å². The summed E-state index contributed by atoms with van der Waals surface area (Å²) in [7, 11) is 0. The molecule has 0 radical (unpaired) electrons. The second-order valence-corrected chi connectivity index (χ2v) is 6.22. The number of amides is 1. The fourth-order valence-corrected chi connectivity index (χ4v) is 3.53. The molecule has 3 heterocycles. The Hall–Kier alpha value is -1.73. The average Bonchev–Trinajstić information content (AvgIpc) is 2.74. The van der Waals surface area contributed by atoms with Gasteiger partial charge in [0.15, 0.2) is 0 Å². The summed E-state index contributed by atoms with van der Waals surface area (Å²) < 4.78 is 0. The molecule has 7 heteroatoms. The normalized spacial score (nSPS) is 19.5. The van der Waals surface area contributed by atoms with Crippen LogP contribution in [0.15, 0.2) is 6.33 Å². The second-order valence-electron chi connectivity index (χ2n) is 5.02. The summed E-state index contributed by atoms with van der Waals surface area (Å²) in [6.07, 6.45) is 1.59. The number of nitrogens with one attached hydrogen (secondary N) is 1. The van der Waals surface area contributed by atoms with E-state index in [0.29, 0.717) is 6.54 Å². The molecule has 3 N–H and O–H groups in total. The van der Waals surface area contributed by atoms with Gasteiger partial charge in [-0.3, -0.25) is 4.79 Å². The molecule has 3 rings (SSSR count). The predicted molar refractivity (Wildman–Crippen MR) is 80.1 cm³/mol. The molecular weight excluding hydrogens is 274 g/mol. The van der Waals surface area contributed by atoms with Crippen molar-refractivity contribution in [1.29, 1.82) is 0 Å². The van der Waals surface area contributed by atoms with Gasteiger partial charge in [-0.05, 0) is 19.4 Å². The summed E-state index contributed by atoms with van der Waals surface area (Å²) in [4.78, 5) is 24.5. The molecular formula is C13H17N5OS. The molecule has 0 unspecified atom stereocenters. The molecule has 0 spiro atoms. The minimum Gasteiger partial charge on any atom is -0.368 e. The van der Waals surface area contributed by atoms with E-state index < -0.39 is 0 Å². The standard InChI is InChI=1S/C13H17N5OS/c1-7-8(2)20-13-10(7)12(16-6-17-13)18-4-3-15-9(5-18)11(14)19/h6,9,15H,3-5H2,1-2H3,(H2,14,19)/t9-/m1/s1. The zero-order valence-corrected chi connectivity index (χ0v) is 12.3. The van der Waals surface area contributed by atoms with E-state index in [1.165, 1.54) is 10.4 Å². The molecule has 2 aromatic heterocycles. The van der Waals surface area contributed by atoms with E-state index in [-0.39, 0.29) is 11.9 Å². The Labute approximate surface area is 121 Å². The first kappa shape index (κ1) is 13.3. The number of nitrogens with two attached hydrogens (primary N) is 1.